The van der Waals surface area contributed by atoms with Crippen LogP contribution in [0, 0.1) is 0 Å². The second-order valence-electron chi connectivity index (χ2n) is 2.91. The maximum atomic E-state index is 5.98. The maximum Gasteiger partial charge on any atom is 0.188 e. The van der Waals surface area contributed by atoms with E-state index in [9.17, 15) is 0 Å². The van der Waals surface area contributed by atoms with Crippen molar-refractivity contribution in [2.24, 2.45) is 0 Å². The molecule has 0 spiro atoms. The number of nitrogens with zero attached hydrogens (tertiary/aromatic N) is 1. The summed E-state index contributed by atoms with van der Waals surface area (Å²) in [4.78, 5) is 1.08. The first-order valence-electron chi connectivity index (χ1n) is 4.28. The molecule has 3 nitrogen and oxygen atoms in total. The van der Waals surface area contributed by atoms with Gasteiger partial charge in [0.15, 0.2) is 11.6 Å². The Morgan fingerprint density at radius 2 is 2.13 bits per heavy atom. The highest BCUT2D eigenvalue weighted by molar-refractivity contribution is 7.98. The van der Waals surface area contributed by atoms with E-state index in [-0.39, 0.29) is 5.82 Å². The third-order valence-corrected chi connectivity index (χ3v) is 3.17. The first-order chi connectivity index (χ1) is 7.24. The average Bonchev–Trinajstić information content (AvgIpc) is 2.60. The largest absolute Gasteiger partial charge is 0.380 e. The fourth-order valence-corrected chi connectivity index (χ4v) is 2.06. The Hall–Kier alpha value is -1.13. The molecule has 1 heterocycles. The lowest BCUT2D eigenvalue weighted by molar-refractivity contribution is 0.435. The van der Waals surface area contributed by atoms with Crippen molar-refractivity contribution in [2.45, 2.75) is 4.90 Å². The number of hydrogen-bond acceptors (Lipinski definition) is 4. The number of anilines is 1. The van der Waals surface area contributed by atoms with Gasteiger partial charge in [0.1, 0.15) is 5.02 Å². The van der Waals surface area contributed by atoms with Gasteiger partial charge in [-0.25, -0.2) is 0 Å². The smallest absolute Gasteiger partial charge is 0.188 e. The Morgan fingerprint density at radius 1 is 1.40 bits per heavy atom. The molecule has 2 rings (SSSR count). The molecular weight excluding hydrogens is 232 g/mol. The van der Waals surface area contributed by atoms with E-state index in [1.807, 2.05) is 30.5 Å². The van der Waals surface area contributed by atoms with Crippen LogP contribution < -0.4 is 5.73 Å². The number of halogens is 1. The number of rotatable bonds is 2. The van der Waals surface area contributed by atoms with Gasteiger partial charge in [-0.05, 0) is 18.4 Å². The molecule has 0 saturated carbocycles. The Labute approximate surface area is 96.6 Å². The van der Waals surface area contributed by atoms with Gasteiger partial charge in [-0.2, -0.15) is 0 Å². The second-order valence-corrected chi connectivity index (χ2v) is 4.14. The second kappa shape index (κ2) is 4.16. The summed E-state index contributed by atoms with van der Waals surface area (Å²) in [6, 6.07) is 7.81. The Kier molecular flexibility index (Phi) is 2.88. The first kappa shape index (κ1) is 10.4. The van der Waals surface area contributed by atoms with Crippen molar-refractivity contribution in [3.8, 4) is 11.3 Å². The van der Waals surface area contributed by atoms with Crippen LogP contribution in [0.5, 0.6) is 0 Å². The molecule has 1 aromatic carbocycles. The molecule has 2 N–H and O–H groups in total. The summed E-state index contributed by atoms with van der Waals surface area (Å²) < 4.78 is 5.10. The van der Waals surface area contributed by atoms with Crippen molar-refractivity contribution in [1.82, 2.24) is 5.16 Å². The minimum Gasteiger partial charge on any atom is -0.380 e. The molecule has 0 unspecified atom stereocenters. The third kappa shape index (κ3) is 1.82. The van der Waals surface area contributed by atoms with Crippen molar-refractivity contribution in [1.29, 1.82) is 0 Å². The molecular formula is C10H9ClN2OS. The standard InChI is InChI=1S/C10H9ClN2OS/c1-15-7-5-3-2-4-6(7)9-8(11)10(12)13-14-9/h2-5H,1H3,(H2,12,13). The van der Waals surface area contributed by atoms with Crippen molar-refractivity contribution in [3.63, 3.8) is 0 Å². The van der Waals surface area contributed by atoms with Gasteiger partial charge in [-0.1, -0.05) is 28.9 Å². The lowest BCUT2D eigenvalue weighted by Gasteiger charge is -2.02. The van der Waals surface area contributed by atoms with Crippen LogP contribution in [0.2, 0.25) is 5.02 Å². The number of nitrogen functional groups attached to an aromatic ring is 1. The van der Waals surface area contributed by atoms with E-state index in [2.05, 4.69) is 5.16 Å². The van der Waals surface area contributed by atoms with Gasteiger partial charge in [0, 0.05) is 10.5 Å². The lowest BCUT2D eigenvalue weighted by atomic mass is 10.2. The van der Waals surface area contributed by atoms with Gasteiger partial charge >= 0.3 is 0 Å². The molecule has 0 aliphatic rings. The van der Waals surface area contributed by atoms with Gasteiger partial charge in [0.05, 0.1) is 0 Å². The topological polar surface area (TPSA) is 52.0 Å². The van der Waals surface area contributed by atoms with Crippen LogP contribution in [0.15, 0.2) is 33.7 Å². The zero-order chi connectivity index (χ0) is 10.8. The molecule has 0 radical (unpaired) electrons. The molecule has 0 bridgehead atoms. The third-order valence-electron chi connectivity index (χ3n) is 2.01. The van der Waals surface area contributed by atoms with Gasteiger partial charge in [-0.3, -0.25) is 0 Å². The highest BCUT2D eigenvalue weighted by Crippen LogP contribution is 2.36. The SMILES string of the molecule is CSc1ccccc1-c1onc(N)c1Cl. The zero-order valence-corrected chi connectivity index (χ0v) is 9.60. The van der Waals surface area contributed by atoms with E-state index in [1.165, 1.54) is 0 Å². The lowest BCUT2D eigenvalue weighted by Crippen LogP contribution is -1.83. The van der Waals surface area contributed by atoms with Crippen molar-refractivity contribution in [3.05, 3.63) is 29.3 Å². The summed E-state index contributed by atoms with van der Waals surface area (Å²) in [7, 11) is 0. The van der Waals surface area contributed by atoms with E-state index in [0.29, 0.717) is 10.8 Å². The molecule has 5 heteroatoms. The summed E-state index contributed by atoms with van der Waals surface area (Å²) in [6.07, 6.45) is 1.99. The predicted octanol–water partition coefficient (Wildman–Crippen LogP) is 3.30. The molecule has 78 valence electrons. The minimum atomic E-state index is 0.225. The van der Waals surface area contributed by atoms with Gasteiger partial charge < -0.3 is 10.3 Å². The number of thioether (sulfide) groups is 1. The van der Waals surface area contributed by atoms with Crippen LogP contribution in [0.3, 0.4) is 0 Å². The number of hydrogen-bond donors (Lipinski definition) is 1. The fourth-order valence-electron chi connectivity index (χ4n) is 1.29. The zero-order valence-electron chi connectivity index (χ0n) is 8.03. The predicted molar refractivity (Wildman–Crippen MR) is 63.1 cm³/mol. The maximum absolute atomic E-state index is 5.98. The molecule has 0 amide bonds. The van der Waals surface area contributed by atoms with E-state index < -0.39 is 0 Å². The van der Waals surface area contributed by atoms with Crippen molar-refractivity contribution < 1.29 is 4.52 Å². The normalized spacial score (nSPS) is 10.5. The van der Waals surface area contributed by atoms with Crippen LogP contribution in [-0.2, 0) is 0 Å². The molecule has 0 saturated heterocycles. The Morgan fingerprint density at radius 3 is 2.73 bits per heavy atom. The molecule has 0 fully saturated rings. The molecule has 0 aliphatic heterocycles. The Bertz CT molecular complexity index is 484. The monoisotopic (exact) mass is 240 g/mol. The summed E-state index contributed by atoms with van der Waals surface area (Å²) in [6.45, 7) is 0. The van der Waals surface area contributed by atoms with E-state index >= 15 is 0 Å². The summed E-state index contributed by atoms with van der Waals surface area (Å²) >= 11 is 7.60. The van der Waals surface area contributed by atoms with Crippen LogP contribution in [0.25, 0.3) is 11.3 Å². The minimum absolute atomic E-state index is 0.225. The molecule has 0 atom stereocenters. The van der Waals surface area contributed by atoms with Gasteiger partial charge in [-0.15, -0.1) is 11.8 Å². The van der Waals surface area contributed by atoms with Crippen molar-refractivity contribution >= 4 is 29.2 Å². The van der Waals surface area contributed by atoms with Gasteiger partial charge in [0.2, 0.25) is 0 Å². The molecule has 0 aliphatic carbocycles. The average molecular weight is 241 g/mol. The van der Waals surface area contributed by atoms with Gasteiger partial charge in [0.25, 0.3) is 0 Å². The van der Waals surface area contributed by atoms with Crippen LogP contribution >= 0.6 is 23.4 Å². The highest BCUT2D eigenvalue weighted by atomic mass is 35.5. The molecule has 2 aromatic rings. The summed E-state index contributed by atoms with van der Waals surface area (Å²) in [5.41, 5.74) is 6.44. The number of benzene rings is 1. The van der Waals surface area contributed by atoms with E-state index in [4.69, 9.17) is 21.9 Å². The number of nitrogens with two attached hydrogens (primary N) is 1. The highest BCUT2D eigenvalue weighted by Gasteiger charge is 2.15. The van der Waals surface area contributed by atoms with Crippen molar-refractivity contribution in [2.75, 3.05) is 12.0 Å². The van der Waals surface area contributed by atoms with Crippen LogP contribution in [0.1, 0.15) is 0 Å². The summed E-state index contributed by atoms with van der Waals surface area (Å²) in [5.74, 6) is 0.752. The van der Waals surface area contributed by atoms with Crippen LogP contribution in [-0.4, -0.2) is 11.4 Å². The van der Waals surface area contributed by atoms with E-state index in [0.717, 1.165) is 10.5 Å². The number of aromatic nitrogens is 1. The van der Waals surface area contributed by atoms with E-state index in [1.54, 1.807) is 11.8 Å². The molecule has 1 aromatic heterocycles. The fraction of sp³-hybridized carbons (Fsp3) is 0.100. The summed E-state index contributed by atoms with van der Waals surface area (Å²) in [5, 5.41) is 4.00. The Balaban J connectivity index is 2.58. The first-order valence-corrected chi connectivity index (χ1v) is 5.88. The molecule has 15 heavy (non-hydrogen) atoms. The van der Waals surface area contributed by atoms with Crippen LogP contribution in [0.4, 0.5) is 5.82 Å². The quantitative estimate of drug-likeness (QED) is 0.819.